The molecule has 2 N–H and O–H groups in total. The first-order chi connectivity index (χ1) is 13.3. The quantitative estimate of drug-likeness (QED) is 0.585. The third kappa shape index (κ3) is 4.09. The average Bonchev–Trinajstić information content (AvgIpc) is 3.12. The zero-order valence-corrected chi connectivity index (χ0v) is 15.7. The lowest BCUT2D eigenvalue weighted by Crippen LogP contribution is -2.04. The summed E-state index contributed by atoms with van der Waals surface area (Å²) in [6.45, 7) is 0.183. The summed E-state index contributed by atoms with van der Waals surface area (Å²) in [5, 5.41) is 16.4. The van der Waals surface area contributed by atoms with E-state index in [9.17, 15) is 23.1 Å². The summed E-state index contributed by atoms with van der Waals surface area (Å²) in [6.07, 6.45) is 1.87. The molecule has 28 heavy (non-hydrogen) atoms. The largest absolute Gasteiger partial charge is 0.476 e. The fourth-order valence-corrected chi connectivity index (χ4v) is 3.27. The van der Waals surface area contributed by atoms with Crippen LogP contribution < -0.4 is 5.32 Å². The maximum atomic E-state index is 11.6. The van der Waals surface area contributed by atoms with Crippen molar-refractivity contribution >= 4 is 27.8 Å². The number of aromatic nitrogens is 2. The first-order valence-corrected chi connectivity index (χ1v) is 10.1. The number of sulfone groups is 1. The molecule has 1 heterocycles. The SMILES string of the molecule is CS(=O)(=O)c1ccc(-c2cc(C(=O)O)nn2-c2ccc(NCC=O)cc2)cc1. The number of aromatic carboxylic acids is 1. The lowest BCUT2D eigenvalue weighted by atomic mass is 10.1. The van der Waals surface area contributed by atoms with Gasteiger partial charge in [0.1, 0.15) is 6.29 Å². The Labute approximate surface area is 161 Å². The van der Waals surface area contributed by atoms with Crippen molar-refractivity contribution in [2.75, 3.05) is 18.1 Å². The highest BCUT2D eigenvalue weighted by atomic mass is 32.2. The van der Waals surface area contributed by atoms with Crippen molar-refractivity contribution in [3.8, 4) is 16.9 Å². The van der Waals surface area contributed by atoms with Crippen LogP contribution in [0.2, 0.25) is 0 Å². The molecular formula is C19H17N3O5S. The van der Waals surface area contributed by atoms with Gasteiger partial charge in [0.2, 0.25) is 0 Å². The maximum Gasteiger partial charge on any atom is 0.356 e. The van der Waals surface area contributed by atoms with E-state index in [4.69, 9.17) is 0 Å². The molecule has 8 nitrogen and oxygen atoms in total. The Bertz CT molecular complexity index is 1120. The third-order valence-electron chi connectivity index (χ3n) is 4.01. The predicted molar refractivity (Wildman–Crippen MR) is 104 cm³/mol. The second-order valence-electron chi connectivity index (χ2n) is 6.02. The van der Waals surface area contributed by atoms with E-state index in [1.807, 2.05) is 0 Å². The van der Waals surface area contributed by atoms with Gasteiger partial charge in [-0.2, -0.15) is 5.10 Å². The predicted octanol–water partition coefficient (Wildman–Crippen LogP) is 2.25. The highest BCUT2D eigenvalue weighted by molar-refractivity contribution is 7.90. The summed E-state index contributed by atoms with van der Waals surface area (Å²) >= 11 is 0. The first kappa shape index (κ1) is 19.3. The van der Waals surface area contributed by atoms with E-state index in [-0.39, 0.29) is 17.1 Å². The Kier molecular flexibility index (Phi) is 5.27. The highest BCUT2D eigenvalue weighted by Crippen LogP contribution is 2.26. The minimum Gasteiger partial charge on any atom is -0.476 e. The molecule has 0 radical (unpaired) electrons. The number of benzene rings is 2. The van der Waals surface area contributed by atoms with Gasteiger partial charge in [0.05, 0.1) is 22.8 Å². The number of carbonyl (C=O) groups is 2. The number of hydrogen-bond donors (Lipinski definition) is 2. The summed E-state index contributed by atoms with van der Waals surface area (Å²) in [6, 6.07) is 14.5. The van der Waals surface area contributed by atoms with Gasteiger partial charge in [-0.3, -0.25) is 0 Å². The highest BCUT2D eigenvalue weighted by Gasteiger charge is 2.17. The van der Waals surface area contributed by atoms with Crippen molar-refractivity contribution < 1.29 is 23.1 Å². The molecule has 0 amide bonds. The van der Waals surface area contributed by atoms with Gasteiger partial charge in [-0.05, 0) is 42.5 Å². The van der Waals surface area contributed by atoms with Gasteiger partial charge in [0.25, 0.3) is 0 Å². The fraction of sp³-hybridized carbons (Fsp3) is 0.105. The molecule has 0 saturated heterocycles. The van der Waals surface area contributed by atoms with Gasteiger partial charge in [-0.1, -0.05) is 12.1 Å². The average molecular weight is 399 g/mol. The molecule has 3 aromatic rings. The molecule has 1 aromatic heterocycles. The molecule has 0 fully saturated rings. The second-order valence-corrected chi connectivity index (χ2v) is 8.04. The fourth-order valence-electron chi connectivity index (χ4n) is 2.64. The maximum absolute atomic E-state index is 11.6. The Hall–Kier alpha value is -3.46. The topological polar surface area (TPSA) is 118 Å². The molecule has 0 aliphatic carbocycles. The molecule has 3 rings (SSSR count). The number of carboxylic acid groups (broad SMARTS) is 1. The smallest absolute Gasteiger partial charge is 0.356 e. The van der Waals surface area contributed by atoms with E-state index in [0.29, 0.717) is 16.9 Å². The second kappa shape index (κ2) is 7.65. The number of nitrogens with zero attached hydrogens (tertiary/aromatic N) is 2. The number of carboxylic acids is 1. The van der Waals surface area contributed by atoms with Crippen molar-refractivity contribution in [3.63, 3.8) is 0 Å². The van der Waals surface area contributed by atoms with Crippen molar-refractivity contribution in [2.45, 2.75) is 4.90 Å². The molecule has 0 bridgehead atoms. The van der Waals surface area contributed by atoms with Crippen molar-refractivity contribution in [3.05, 3.63) is 60.3 Å². The van der Waals surface area contributed by atoms with Crippen molar-refractivity contribution in [2.24, 2.45) is 0 Å². The van der Waals surface area contributed by atoms with Gasteiger partial charge in [-0.25, -0.2) is 17.9 Å². The summed E-state index contributed by atoms with van der Waals surface area (Å²) < 4.78 is 24.8. The Morgan fingerprint density at radius 1 is 1.14 bits per heavy atom. The van der Waals surface area contributed by atoms with Gasteiger partial charge in [-0.15, -0.1) is 0 Å². The summed E-state index contributed by atoms with van der Waals surface area (Å²) in [5.74, 6) is -1.17. The summed E-state index contributed by atoms with van der Waals surface area (Å²) in [5.41, 5.74) is 2.35. The van der Waals surface area contributed by atoms with E-state index < -0.39 is 15.8 Å². The van der Waals surface area contributed by atoms with Gasteiger partial charge in [0, 0.05) is 17.5 Å². The van der Waals surface area contributed by atoms with Crippen LogP contribution in [-0.2, 0) is 14.6 Å². The molecule has 0 atom stereocenters. The van der Waals surface area contributed by atoms with E-state index in [1.165, 1.54) is 22.9 Å². The van der Waals surface area contributed by atoms with Crippen LogP contribution in [0.15, 0.2) is 59.5 Å². The molecule has 0 aliphatic heterocycles. The van der Waals surface area contributed by atoms with Crippen LogP contribution in [0.5, 0.6) is 0 Å². The summed E-state index contributed by atoms with van der Waals surface area (Å²) in [7, 11) is -3.33. The van der Waals surface area contributed by atoms with Crippen LogP contribution in [0.4, 0.5) is 5.69 Å². The number of nitrogens with one attached hydrogen (secondary N) is 1. The number of aldehydes is 1. The molecule has 144 valence electrons. The van der Waals surface area contributed by atoms with Crippen LogP contribution >= 0.6 is 0 Å². The van der Waals surface area contributed by atoms with E-state index in [2.05, 4.69) is 10.4 Å². The van der Waals surface area contributed by atoms with E-state index >= 15 is 0 Å². The van der Waals surface area contributed by atoms with Crippen molar-refractivity contribution in [1.82, 2.24) is 9.78 Å². The lowest BCUT2D eigenvalue weighted by Gasteiger charge is -2.09. The Balaban J connectivity index is 2.04. The van der Waals surface area contributed by atoms with Gasteiger partial charge >= 0.3 is 5.97 Å². The first-order valence-electron chi connectivity index (χ1n) is 8.21. The zero-order valence-electron chi connectivity index (χ0n) is 14.9. The summed E-state index contributed by atoms with van der Waals surface area (Å²) in [4.78, 5) is 22.0. The molecule has 0 spiro atoms. The number of rotatable bonds is 7. The zero-order chi connectivity index (χ0) is 20.3. The minimum absolute atomic E-state index is 0.134. The third-order valence-corrected chi connectivity index (χ3v) is 5.14. The minimum atomic E-state index is -3.33. The molecule has 0 unspecified atom stereocenters. The Morgan fingerprint density at radius 2 is 1.79 bits per heavy atom. The number of carbonyl (C=O) groups excluding carboxylic acids is 1. The van der Waals surface area contributed by atoms with E-state index in [0.717, 1.165) is 18.2 Å². The van der Waals surface area contributed by atoms with Crippen LogP contribution in [-0.4, -0.2) is 48.4 Å². The van der Waals surface area contributed by atoms with Gasteiger partial charge in [0.15, 0.2) is 15.5 Å². The van der Waals surface area contributed by atoms with Crippen molar-refractivity contribution in [1.29, 1.82) is 0 Å². The monoisotopic (exact) mass is 399 g/mol. The molecule has 9 heteroatoms. The number of anilines is 1. The van der Waals surface area contributed by atoms with Crippen LogP contribution in [0.1, 0.15) is 10.5 Å². The molecule has 2 aromatic carbocycles. The molecular weight excluding hydrogens is 382 g/mol. The standard InChI is InChI=1S/C19H17N3O5S/c1-28(26,27)16-8-2-13(3-9-16)18-12-17(19(24)25)21-22(18)15-6-4-14(5-7-15)20-10-11-23/h2-9,11-12,20H,10H2,1H3,(H,24,25). The lowest BCUT2D eigenvalue weighted by molar-refractivity contribution is -0.106. The van der Waals surface area contributed by atoms with Crippen LogP contribution in [0.3, 0.4) is 0 Å². The van der Waals surface area contributed by atoms with Crippen LogP contribution in [0, 0.1) is 0 Å². The Morgan fingerprint density at radius 3 is 2.32 bits per heavy atom. The van der Waals surface area contributed by atoms with Gasteiger partial charge < -0.3 is 15.2 Å². The molecule has 0 aliphatic rings. The number of hydrogen-bond acceptors (Lipinski definition) is 6. The molecule has 0 saturated carbocycles. The normalized spacial score (nSPS) is 11.2. The van der Waals surface area contributed by atoms with E-state index in [1.54, 1.807) is 36.4 Å². The van der Waals surface area contributed by atoms with Crippen LogP contribution in [0.25, 0.3) is 16.9 Å².